The molecule has 0 saturated carbocycles. The van der Waals surface area contributed by atoms with Crippen molar-refractivity contribution in [1.29, 1.82) is 0 Å². The van der Waals surface area contributed by atoms with E-state index < -0.39 is 66.4 Å². The number of aromatic amines is 1. The van der Waals surface area contributed by atoms with Gasteiger partial charge >= 0.3 is 0 Å². The number of rotatable bonds is 15. The molecule has 0 spiro atoms. The van der Waals surface area contributed by atoms with E-state index >= 15 is 0 Å². The molecule has 0 saturated heterocycles. The minimum atomic E-state index is -1.39. The molecule has 1 heterocycles. The van der Waals surface area contributed by atoms with Gasteiger partial charge < -0.3 is 42.8 Å². The van der Waals surface area contributed by atoms with E-state index in [9.17, 15) is 24.0 Å². The maximum atomic E-state index is 12.8. The molecule has 1 rings (SSSR count). The van der Waals surface area contributed by atoms with Gasteiger partial charge in [0.2, 0.25) is 29.5 Å². The largest absolute Gasteiger partial charge is 0.394 e. The summed E-state index contributed by atoms with van der Waals surface area (Å²) in [7, 11) is 1.02. The second-order valence-electron chi connectivity index (χ2n) is 8.58. The summed E-state index contributed by atoms with van der Waals surface area (Å²) in [5.74, 6) is -3.79. The predicted octanol–water partition coefficient (Wildman–Crippen LogP) is -3.05. The molecule has 1 aromatic heterocycles. The summed E-state index contributed by atoms with van der Waals surface area (Å²) in [6.07, 6.45) is 2.92. The Balaban J connectivity index is 2.82. The first-order valence-corrected chi connectivity index (χ1v) is 13.0. The van der Waals surface area contributed by atoms with Crippen molar-refractivity contribution in [2.75, 3.05) is 18.9 Å². The van der Waals surface area contributed by atoms with Gasteiger partial charge in [0.1, 0.15) is 23.7 Å². The molecule has 5 amide bonds. The van der Waals surface area contributed by atoms with E-state index in [1.54, 1.807) is 13.8 Å². The van der Waals surface area contributed by atoms with Crippen LogP contribution in [-0.2, 0) is 30.4 Å². The number of aliphatic hydroxyl groups is 1. The summed E-state index contributed by atoms with van der Waals surface area (Å²) in [4.78, 5) is 68.7. The molecule has 4 atom stereocenters. The SMILES string of the molecule is CC(C)[C@H](NC(=O)CNC(=O)[C@H](Cc1c[nH]cn1)NC(=O)C(N)CO)C(=O)N[C@@](C)(CSS)C(N)=O. The molecule has 0 aromatic carbocycles. The molecule has 0 bridgehead atoms. The number of hydrogen-bond acceptors (Lipinski definition) is 10. The zero-order valence-corrected chi connectivity index (χ0v) is 21.9. The number of carbonyl (C=O) groups excluding carboxylic acids is 5. The van der Waals surface area contributed by atoms with E-state index in [4.69, 9.17) is 16.6 Å². The number of aliphatic hydroxyl groups excluding tert-OH is 1. The number of imidazole rings is 1. The minimum Gasteiger partial charge on any atom is -0.394 e. The van der Waals surface area contributed by atoms with Crippen LogP contribution in [0.5, 0.6) is 0 Å². The van der Waals surface area contributed by atoms with Crippen LogP contribution in [0.4, 0.5) is 0 Å². The Morgan fingerprint density at radius 3 is 2.36 bits per heavy atom. The molecule has 0 fully saturated rings. The Kier molecular flexibility index (Phi) is 12.7. The number of thiol groups is 1. The van der Waals surface area contributed by atoms with Gasteiger partial charge in [-0.3, -0.25) is 24.0 Å². The second-order valence-corrected chi connectivity index (χ2v) is 9.90. The van der Waals surface area contributed by atoms with Gasteiger partial charge in [-0.25, -0.2) is 4.98 Å². The molecule has 1 aromatic rings. The summed E-state index contributed by atoms with van der Waals surface area (Å²) in [6, 6.07) is -3.40. The van der Waals surface area contributed by atoms with Gasteiger partial charge in [-0.05, 0) is 12.8 Å². The lowest BCUT2D eigenvalue weighted by Gasteiger charge is -2.30. The predicted molar refractivity (Wildman–Crippen MR) is 136 cm³/mol. The topological polar surface area (TPSA) is 234 Å². The van der Waals surface area contributed by atoms with Crippen molar-refractivity contribution in [3.8, 4) is 0 Å². The van der Waals surface area contributed by atoms with Gasteiger partial charge in [0.05, 0.1) is 25.2 Å². The van der Waals surface area contributed by atoms with E-state index in [0.29, 0.717) is 5.69 Å². The zero-order valence-electron chi connectivity index (χ0n) is 20.2. The van der Waals surface area contributed by atoms with Crippen molar-refractivity contribution >= 4 is 52.0 Å². The van der Waals surface area contributed by atoms with Crippen LogP contribution in [0, 0.1) is 5.92 Å². The number of nitrogens with one attached hydrogen (secondary N) is 5. The Bertz CT molecular complexity index is 916. The monoisotopic (exact) mass is 546 g/mol. The number of aromatic nitrogens is 2. The highest BCUT2D eigenvalue weighted by molar-refractivity contribution is 8.68. The summed E-state index contributed by atoms with van der Waals surface area (Å²) < 4.78 is 0. The Hall–Kier alpha value is -2.82. The van der Waals surface area contributed by atoms with E-state index in [-0.39, 0.29) is 18.1 Å². The standard InChI is InChI=1S/C20H34N8O6S2/c1-10(2)15(18(33)28-20(3,8-36-35)19(22)34)27-14(30)6-24-17(32)13(4-11-5-23-9-25-11)26-16(31)12(21)7-29/h5,9-10,12-13,15,29,35H,4,6-8,21H2,1-3H3,(H2,22,34)(H,23,25)(H,24,32)(H,26,31)(H,27,30)(H,28,33)/t12?,13-,15-,20-/m0/s1. The molecule has 0 radical (unpaired) electrons. The molecule has 36 heavy (non-hydrogen) atoms. The number of H-pyrrole nitrogens is 1. The van der Waals surface area contributed by atoms with Crippen LogP contribution >= 0.6 is 22.5 Å². The highest BCUT2D eigenvalue weighted by atomic mass is 33.1. The molecule has 0 aliphatic rings. The third-order valence-electron chi connectivity index (χ3n) is 5.12. The van der Waals surface area contributed by atoms with Gasteiger partial charge in [-0.1, -0.05) is 24.6 Å². The van der Waals surface area contributed by atoms with Crippen LogP contribution in [0.1, 0.15) is 26.5 Å². The first-order valence-electron chi connectivity index (χ1n) is 10.9. The quantitative estimate of drug-likeness (QED) is 0.0801. The van der Waals surface area contributed by atoms with Crippen molar-refractivity contribution in [3.05, 3.63) is 18.2 Å². The minimum absolute atomic E-state index is 0.00722. The smallest absolute Gasteiger partial charge is 0.243 e. The average molecular weight is 547 g/mol. The number of primary amides is 1. The van der Waals surface area contributed by atoms with E-state index in [2.05, 4.69) is 42.9 Å². The van der Waals surface area contributed by atoms with Gasteiger partial charge in [-0.2, -0.15) is 0 Å². The van der Waals surface area contributed by atoms with Crippen molar-refractivity contribution in [3.63, 3.8) is 0 Å². The van der Waals surface area contributed by atoms with Crippen molar-refractivity contribution in [1.82, 2.24) is 31.2 Å². The van der Waals surface area contributed by atoms with Crippen molar-refractivity contribution in [2.24, 2.45) is 17.4 Å². The molecule has 16 heteroatoms. The Morgan fingerprint density at radius 1 is 1.19 bits per heavy atom. The lowest BCUT2D eigenvalue weighted by molar-refractivity contribution is -0.134. The molecular weight excluding hydrogens is 512 g/mol. The first kappa shape index (κ1) is 31.2. The molecule has 10 N–H and O–H groups in total. The lowest BCUT2D eigenvalue weighted by Crippen LogP contribution is -2.62. The van der Waals surface area contributed by atoms with Crippen LogP contribution in [0.3, 0.4) is 0 Å². The normalized spacial score (nSPS) is 15.2. The molecule has 1 unspecified atom stereocenters. The maximum Gasteiger partial charge on any atom is 0.243 e. The fourth-order valence-electron chi connectivity index (χ4n) is 2.88. The fourth-order valence-corrected chi connectivity index (χ4v) is 4.13. The van der Waals surface area contributed by atoms with Gasteiger partial charge in [0.25, 0.3) is 0 Å². The van der Waals surface area contributed by atoms with Gasteiger partial charge in [0, 0.05) is 18.4 Å². The van der Waals surface area contributed by atoms with E-state index in [1.165, 1.54) is 19.4 Å². The molecule has 14 nitrogen and oxygen atoms in total. The molecule has 0 aliphatic heterocycles. The molecule has 202 valence electrons. The summed E-state index contributed by atoms with van der Waals surface area (Å²) in [5.41, 5.74) is 9.99. The lowest BCUT2D eigenvalue weighted by atomic mass is 9.99. The Morgan fingerprint density at radius 2 is 1.86 bits per heavy atom. The number of carbonyl (C=O) groups is 5. The number of nitrogens with zero attached hydrogens (tertiary/aromatic N) is 1. The van der Waals surface area contributed by atoms with E-state index in [0.717, 1.165) is 10.8 Å². The molecule has 0 aliphatic carbocycles. The van der Waals surface area contributed by atoms with Crippen LogP contribution in [0.15, 0.2) is 12.5 Å². The van der Waals surface area contributed by atoms with Crippen LogP contribution in [0.2, 0.25) is 0 Å². The van der Waals surface area contributed by atoms with E-state index in [1.807, 2.05) is 0 Å². The number of amides is 5. The summed E-state index contributed by atoms with van der Waals surface area (Å²) >= 11 is 4.00. The highest BCUT2D eigenvalue weighted by Crippen LogP contribution is 2.16. The van der Waals surface area contributed by atoms with Crippen molar-refractivity contribution in [2.45, 2.75) is 50.9 Å². The zero-order chi connectivity index (χ0) is 27.5. The Labute approximate surface area is 217 Å². The fraction of sp³-hybridized carbons (Fsp3) is 0.600. The van der Waals surface area contributed by atoms with Crippen LogP contribution in [0.25, 0.3) is 0 Å². The third-order valence-corrected chi connectivity index (χ3v) is 6.21. The van der Waals surface area contributed by atoms with Crippen LogP contribution < -0.4 is 32.7 Å². The number of hydrogen-bond donors (Lipinski definition) is 9. The van der Waals surface area contributed by atoms with Crippen LogP contribution in [-0.4, -0.2) is 87.2 Å². The second kappa shape index (κ2) is 14.7. The summed E-state index contributed by atoms with van der Waals surface area (Å²) in [5, 5.41) is 19.0. The summed E-state index contributed by atoms with van der Waals surface area (Å²) in [6.45, 7) is 3.71. The van der Waals surface area contributed by atoms with Gasteiger partial charge in [-0.15, -0.1) is 11.7 Å². The van der Waals surface area contributed by atoms with Crippen molar-refractivity contribution < 1.29 is 29.1 Å². The first-order chi connectivity index (χ1) is 16.8. The van der Waals surface area contributed by atoms with Gasteiger partial charge in [0.15, 0.2) is 0 Å². The third kappa shape index (κ3) is 9.67. The maximum absolute atomic E-state index is 12.8. The number of nitrogens with two attached hydrogens (primary N) is 2. The molecular formula is C20H34N8O6S2. The highest BCUT2D eigenvalue weighted by Gasteiger charge is 2.36. The average Bonchev–Trinajstić information content (AvgIpc) is 3.32.